The van der Waals surface area contributed by atoms with Crippen LogP contribution in [0.25, 0.3) is 0 Å². The van der Waals surface area contributed by atoms with E-state index < -0.39 is 0 Å². The standard InChI is InChI=1S/C15H20Br2N2/c1-2-11-8-18-14(10-6-7-10)9-19(11)15-12(16)4-3-5-13(15)17/h3-5,10-11,14,18H,2,6-9H2,1H3. The third-order valence-corrected chi connectivity index (χ3v) is 5.62. The van der Waals surface area contributed by atoms with Crippen LogP contribution < -0.4 is 10.2 Å². The zero-order valence-electron chi connectivity index (χ0n) is 11.2. The van der Waals surface area contributed by atoms with E-state index in [9.17, 15) is 0 Å². The first kappa shape index (κ1) is 13.9. The summed E-state index contributed by atoms with van der Waals surface area (Å²) in [5.41, 5.74) is 1.32. The predicted molar refractivity (Wildman–Crippen MR) is 87.8 cm³/mol. The fraction of sp³-hybridized carbons (Fsp3) is 0.600. The zero-order valence-corrected chi connectivity index (χ0v) is 14.4. The first-order valence-corrected chi connectivity index (χ1v) is 8.73. The second kappa shape index (κ2) is 5.74. The molecule has 1 heterocycles. The quantitative estimate of drug-likeness (QED) is 0.836. The molecule has 3 rings (SSSR count). The van der Waals surface area contributed by atoms with Crippen molar-refractivity contribution < 1.29 is 0 Å². The summed E-state index contributed by atoms with van der Waals surface area (Å²) in [7, 11) is 0. The number of benzene rings is 1. The molecule has 1 saturated heterocycles. The van der Waals surface area contributed by atoms with Crippen molar-refractivity contribution in [3.63, 3.8) is 0 Å². The lowest BCUT2D eigenvalue weighted by Crippen LogP contribution is -2.57. The molecule has 2 fully saturated rings. The SMILES string of the molecule is CCC1CNC(C2CC2)CN1c1c(Br)cccc1Br. The number of para-hydroxylation sites is 1. The molecule has 19 heavy (non-hydrogen) atoms. The Hall–Kier alpha value is -0.0600. The van der Waals surface area contributed by atoms with Gasteiger partial charge >= 0.3 is 0 Å². The first-order valence-electron chi connectivity index (χ1n) is 7.14. The molecule has 1 saturated carbocycles. The van der Waals surface area contributed by atoms with Crippen molar-refractivity contribution in [2.75, 3.05) is 18.0 Å². The molecular formula is C15H20Br2N2. The molecule has 0 aromatic heterocycles. The summed E-state index contributed by atoms with van der Waals surface area (Å²) in [4.78, 5) is 2.59. The zero-order chi connectivity index (χ0) is 13.4. The average molecular weight is 388 g/mol. The fourth-order valence-corrected chi connectivity index (χ4v) is 4.49. The van der Waals surface area contributed by atoms with Crippen molar-refractivity contribution in [1.82, 2.24) is 5.32 Å². The Morgan fingerprint density at radius 2 is 1.95 bits per heavy atom. The normalized spacial score (nSPS) is 27.6. The number of nitrogens with one attached hydrogen (secondary N) is 1. The van der Waals surface area contributed by atoms with Crippen molar-refractivity contribution in [1.29, 1.82) is 0 Å². The minimum atomic E-state index is 0.588. The number of hydrogen-bond acceptors (Lipinski definition) is 2. The third-order valence-electron chi connectivity index (χ3n) is 4.34. The highest BCUT2D eigenvalue weighted by Crippen LogP contribution is 2.39. The maximum Gasteiger partial charge on any atom is 0.0658 e. The minimum absolute atomic E-state index is 0.588. The summed E-state index contributed by atoms with van der Waals surface area (Å²) >= 11 is 7.44. The summed E-state index contributed by atoms with van der Waals surface area (Å²) in [5.74, 6) is 0.904. The molecule has 2 aliphatic rings. The number of piperazine rings is 1. The fourth-order valence-electron chi connectivity index (χ4n) is 3.04. The highest BCUT2D eigenvalue weighted by atomic mass is 79.9. The Morgan fingerprint density at radius 3 is 2.53 bits per heavy atom. The summed E-state index contributed by atoms with van der Waals surface area (Å²) < 4.78 is 2.38. The molecule has 0 amide bonds. The maximum absolute atomic E-state index is 3.75. The Bertz CT molecular complexity index is 439. The van der Waals surface area contributed by atoms with E-state index in [1.54, 1.807) is 0 Å². The largest absolute Gasteiger partial charge is 0.364 e. The number of hydrogen-bond donors (Lipinski definition) is 1. The number of halogens is 2. The van der Waals surface area contributed by atoms with Crippen LogP contribution in [0.5, 0.6) is 0 Å². The van der Waals surface area contributed by atoms with Gasteiger partial charge in [0.25, 0.3) is 0 Å². The average Bonchev–Trinajstić information content (AvgIpc) is 3.23. The smallest absolute Gasteiger partial charge is 0.0658 e. The lowest BCUT2D eigenvalue weighted by atomic mass is 10.0. The number of anilines is 1. The van der Waals surface area contributed by atoms with Crippen LogP contribution in [0.4, 0.5) is 5.69 Å². The molecule has 2 atom stereocenters. The summed E-state index contributed by atoms with van der Waals surface area (Å²) in [6, 6.07) is 7.62. The van der Waals surface area contributed by atoms with E-state index in [4.69, 9.17) is 0 Å². The molecule has 0 bridgehead atoms. The van der Waals surface area contributed by atoms with E-state index >= 15 is 0 Å². The van der Waals surface area contributed by atoms with Gasteiger partial charge in [0.1, 0.15) is 0 Å². The second-order valence-electron chi connectivity index (χ2n) is 5.64. The summed E-state index contributed by atoms with van der Waals surface area (Å²) in [6.07, 6.45) is 3.98. The van der Waals surface area contributed by atoms with Crippen molar-refractivity contribution >= 4 is 37.5 Å². The van der Waals surface area contributed by atoms with E-state index in [1.165, 1.54) is 33.9 Å². The Morgan fingerprint density at radius 1 is 1.26 bits per heavy atom. The van der Waals surface area contributed by atoms with Crippen LogP contribution in [0.3, 0.4) is 0 Å². The Kier molecular flexibility index (Phi) is 4.20. The first-order chi connectivity index (χ1) is 9.20. The third kappa shape index (κ3) is 2.86. The number of nitrogens with zero attached hydrogens (tertiary/aromatic N) is 1. The maximum atomic E-state index is 3.75. The van der Waals surface area contributed by atoms with Crippen LogP contribution in [-0.2, 0) is 0 Å². The van der Waals surface area contributed by atoms with E-state index in [1.807, 2.05) is 0 Å². The Balaban J connectivity index is 1.89. The minimum Gasteiger partial charge on any atom is -0.364 e. The van der Waals surface area contributed by atoms with Crippen LogP contribution in [0, 0.1) is 5.92 Å². The van der Waals surface area contributed by atoms with Gasteiger partial charge in [-0.05, 0) is 69.2 Å². The van der Waals surface area contributed by atoms with Crippen LogP contribution in [0.2, 0.25) is 0 Å². The van der Waals surface area contributed by atoms with Crippen LogP contribution >= 0.6 is 31.9 Å². The second-order valence-corrected chi connectivity index (χ2v) is 7.35. The van der Waals surface area contributed by atoms with E-state index in [0.29, 0.717) is 12.1 Å². The molecule has 4 heteroatoms. The molecule has 0 radical (unpaired) electrons. The summed E-state index contributed by atoms with van der Waals surface area (Å²) in [5, 5.41) is 3.75. The van der Waals surface area contributed by atoms with Crippen LogP contribution in [-0.4, -0.2) is 25.2 Å². The molecule has 1 aromatic carbocycles. The van der Waals surface area contributed by atoms with E-state index in [0.717, 1.165) is 19.0 Å². The molecule has 2 nitrogen and oxygen atoms in total. The monoisotopic (exact) mass is 386 g/mol. The molecule has 1 aromatic rings. The van der Waals surface area contributed by atoms with Crippen LogP contribution in [0.1, 0.15) is 26.2 Å². The van der Waals surface area contributed by atoms with Gasteiger partial charge in [0.05, 0.1) is 5.69 Å². The lowest BCUT2D eigenvalue weighted by molar-refractivity contribution is 0.359. The van der Waals surface area contributed by atoms with E-state index in [2.05, 4.69) is 67.2 Å². The number of rotatable bonds is 3. The van der Waals surface area contributed by atoms with Gasteiger partial charge < -0.3 is 10.2 Å². The lowest BCUT2D eigenvalue weighted by Gasteiger charge is -2.42. The van der Waals surface area contributed by atoms with E-state index in [-0.39, 0.29) is 0 Å². The van der Waals surface area contributed by atoms with Gasteiger partial charge in [-0.3, -0.25) is 0 Å². The predicted octanol–water partition coefficient (Wildman–Crippen LogP) is 4.18. The molecule has 1 aliphatic carbocycles. The topological polar surface area (TPSA) is 15.3 Å². The molecule has 1 aliphatic heterocycles. The Labute approximate surface area is 132 Å². The molecule has 104 valence electrons. The molecular weight excluding hydrogens is 368 g/mol. The van der Waals surface area contributed by atoms with Crippen molar-refractivity contribution in [3.8, 4) is 0 Å². The molecule has 2 unspecified atom stereocenters. The van der Waals surface area contributed by atoms with Gasteiger partial charge in [-0.2, -0.15) is 0 Å². The van der Waals surface area contributed by atoms with Crippen molar-refractivity contribution in [2.45, 2.75) is 38.3 Å². The highest BCUT2D eigenvalue weighted by Gasteiger charge is 2.37. The van der Waals surface area contributed by atoms with Gasteiger partial charge in [-0.25, -0.2) is 0 Å². The van der Waals surface area contributed by atoms with Crippen LogP contribution in [0.15, 0.2) is 27.1 Å². The summed E-state index contributed by atoms with van der Waals surface area (Å²) in [6.45, 7) is 4.51. The van der Waals surface area contributed by atoms with Crippen molar-refractivity contribution in [2.24, 2.45) is 5.92 Å². The van der Waals surface area contributed by atoms with Gasteiger partial charge in [0, 0.05) is 34.1 Å². The van der Waals surface area contributed by atoms with Crippen molar-refractivity contribution in [3.05, 3.63) is 27.1 Å². The highest BCUT2D eigenvalue weighted by molar-refractivity contribution is 9.11. The van der Waals surface area contributed by atoms with Gasteiger partial charge in [0.2, 0.25) is 0 Å². The van der Waals surface area contributed by atoms with Gasteiger partial charge in [0.15, 0.2) is 0 Å². The molecule has 0 spiro atoms. The molecule has 1 N–H and O–H groups in total. The van der Waals surface area contributed by atoms with Gasteiger partial charge in [-0.1, -0.05) is 13.0 Å². The van der Waals surface area contributed by atoms with Gasteiger partial charge in [-0.15, -0.1) is 0 Å².